The third-order valence-electron chi connectivity index (χ3n) is 7.18. The van der Waals surface area contributed by atoms with E-state index < -0.39 is 24.5 Å². The molecule has 12 nitrogen and oxygen atoms in total. The average Bonchev–Trinajstić information content (AvgIpc) is 3.57. The van der Waals surface area contributed by atoms with Gasteiger partial charge in [0.1, 0.15) is 30.2 Å². The standard InChI is InChI=1S/C26H37N9O3/c1-5-34(10-6-9-28-25-32-16-8-7-15(26(2,3)4)11-17(16)33-25)12-18-20(36)21(37)24(38-18)35-14-31-19-22(27)29-13-30-23(19)35/h7-8,11,13-14,18,20-21,24,36-37H,5-6,9-10,12H2,1-4H3,(H2,27,29,30)(H2,28,32,33)/t18-,20-,21-,24-/m1/s1. The van der Waals surface area contributed by atoms with E-state index >= 15 is 0 Å². The van der Waals surface area contributed by atoms with Crippen molar-refractivity contribution in [3.05, 3.63) is 36.4 Å². The first-order chi connectivity index (χ1) is 18.2. The number of anilines is 2. The van der Waals surface area contributed by atoms with E-state index in [-0.39, 0.29) is 11.2 Å². The Morgan fingerprint density at radius 3 is 2.76 bits per heavy atom. The van der Waals surface area contributed by atoms with E-state index in [1.807, 2.05) is 0 Å². The van der Waals surface area contributed by atoms with Crippen molar-refractivity contribution in [2.75, 3.05) is 37.2 Å². The zero-order chi connectivity index (χ0) is 27.0. The number of imidazole rings is 2. The third kappa shape index (κ3) is 5.17. The second-order valence-corrected chi connectivity index (χ2v) is 10.9. The van der Waals surface area contributed by atoms with Crippen LogP contribution in [-0.2, 0) is 10.2 Å². The largest absolute Gasteiger partial charge is 0.387 e. The number of hydrogen-bond donors (Lipinski definition) is 5. The van der Waals surface area contributed by atoms with Crippen LogP contribution in [0.15, 0.2) is 30.9 Å². The van der Waals surface area contributed by atoms with Gasteiger partial charge in [-0.3, -0.25) is 4.57 Å². The number of nitrogen functional groups attached to an aromatic ring is 1. The molecule has 4 atom stereocenters. The maximum Gasteiger partial charge on any atom is 0.201 e. The zero-order valence-corrected chi connectivity index (χ0v) is 22.3. The summed E-state index contributed by atoms with van der Waals surface area (Å²) in [7, 11) is 0. The summed E-state index contributed by atoms with van der Waals surface area (Å²) < 4.78 is 7.70. The molecule has 5 rings (SSSR count). The first-order valence-corrected chi connectivity index (χ1v) is 13.1. The monoisotopic (exact) mass is 523 g/mol. The molecule has 0 bridgehead atoms. The van der Waals surface area contributed by atoms with E-state index in [0.29, 0.717) is 17.7 Å². The van der Waals surface area contributed by atoms with Gasteiger partial charge in [-0.1, -0.05) is 33.8 Å². The maximum atomic E-state index is 10.7. The van der Waals surface area contributed by atoms with Gasteiger partial charge >= 0.3 is 0 Å². The number of nitrogens with one attached hydrogen (secondary N) is 2. The van der Waals surface area contributed by atoms with Crippen molar-refractivity contribution >= 4 is 34.0 Å². The quantitative estimate of drug-likeness (QED) is 0.205. The Morgan fingerprint density at radius 1 is 1.18 bits per heavy atom. The van der Waals surface area contributed by atoms with Crippen molar-refractivity contribution in [1.29, 1.82) is 0 Å². The summed E-state index contributed by atoms with van der Waals surface area (Å²) in [5.74, 6) is 1.01. The van der Waals surface area contributed by atoms with Gasteiger partial charge in [-0.15, -0.1) is 0 Å². The Kier molecular flexibility index (Phi) is 7.23. The lowest BCUT2D eigenvalue weighted by Crippen LogP contribution is -2.40. The van der Waals surface area contributed by atoms with Crippen LogP contribution in [0.5, 0.6) is 0 Å². The number of benzene rings is 1. The van der Waals surface area contributed by atoms with Gasteiger partial charge in [-0.2, -0.15) is 0 Å². The predicted octanol–water partition coefficient (Wildman–Crippen LogP) is 2.03. The summed E-state index contributed by atoms with van der Waals surface area (Å²) in [6.45, 7) is 11.5. The van der Waals surface area contributed by atoms with Crippen molar-refractivity contribution in [2.24, 2.45) is 0 Å². The smallest absolute Gasteiger partial charge is 0.201 e. The fourth-order valence-corrected chi connectivity index (χ4v) is 4.86. The van der Waals surface area contributed by atoms with Crippen LogP contribution in [0.2, 0.25) is 0 Å². The molecule has 0 unspecified atom stereocenters. The molecule has 0 aliphatic carbocycles. The summed E-state index contributed by atoms with van der Waals surface area (Å²) in [5.41, 5.74) is 10.1. The van der Waals surface area contributed by atoms with Gasteiger partial charge in [0.2, 0.25) is 5.95 Å². The molecule has 1 aliphatic rings. The summed E-state index contributed by atoms with van der Waals surface area (Å²) >= 11 is 0. The third-order valence-corrected chi connectivity index (χ3v) is 7.18. The van der Waals surface area contributed by atoms with Gasteiger partial charge in [-0.05, 0) is 42.6 Å². The second kappa shape index (κ2) is 10.4. The molecule has 1 fully saturated rings. The van der Waals surface area contributed by atoms with Crippen LogP contribution in [0.3, 0.4) is 0 Å². The normalized spacial score (nSPS) is 22.2. The van der Waals surface area contributed by atoms with Gasteiger partial charge in [0, 0.05) is 13.1 Å². The lowest BCUT2D eigenvalue weighted by atomic mass is 9.87. The van der Waals surface area contributed by atoms with Crippen LogP contribution >= 0.6 is 0 Å². The SMILES string of the molecule is CCN(CCCNc1nc2cc(C(C)(C)C)ccc2[nH]1)C[C@H]1O[C@@H](n2cnc3c(N)ncnc32)[C@H](O)[C@@H]1O. The maximum absolute atomic E-state index is 10.7. The van der Waals surface area contributed by atoms with Gasteiger partial charge in [0.15, 0.2) is 17.7 Å². The fraction of sp³-hybridized carbons (Fsp3) is 0.538. The van der Waals surface area contributed by atoms with Crippen LogP contribution in [0.25, 0.3) is 22.2 Å². The molecule has 4 aromatic rings. The number of hydrogen-bond acceptors (Lipinski definition) is 10. The second-order valence-electron chi connectivity index (χ2n) is 10.9. The Labute approximate surface area is 221 Å². The molecule has 38 heavy (non-hydrogen) atoms. The molecule has 0 amide bonds. The van der Waals surface area contributed by atoms with E-state index in [2.05, 4.69) is 76.0 Å². The van der Waals surface area contributed by atoms with E-state index in [9.17, 15) is 10.2 Å². The molecule has 1 aliphatic heterocycles. The molecule has 12 heteroatoms. The van der Waals surface area contributed by atoms with Crippen LogP contribution in [-0.4, -0.2) is 89.1 Å². The van der Waals surface area contributed by atoms with Crippen LogP contribution in [0.1, 0.15) is 45.9 Å². The van der Waals surface area contributed by atoms with Crippen molar-refractivity contribution in [2.45, 2.75) is 64.1 Å². The van der Waals surface area contributed by atoms with E-state index in [1.54, 1.807) is 4.57 Å². The number of nitrogens with two attached hydrogens (primary N) is 1. The fourth-order valence-electron chi connectivity index (χ4n) is 4.86. The number of ether oxygens (including phenoxy) is 1. The van der Waals surface area contributed by atoms with Crippen LogP contribution in [0, 0.1) is 0 Å². The zero-order valence-electron chi connectivity index (χ0n) is 22.3. The molecule has 204 valence electrons. The molecular formula is C26H37N9O3. The highest BCUT2D eigenvalue weighted by Crippen LogP contribution is 2.32. The lowest BCUT2D eigenvalue weighted by molar-refractivity contribution is -0.0437. The van der Waals surface area contributed by atoms with Crippen LogP contribution in [0.4, 0.5) is 11.8 Å². The molecule has 6 N–H and O–H groups in total. The number of aromatic amines is 1. The summed E-state index contributed by atoms with van der Waals surface area (Å²) in [5, 5.41) is 24.9. The Hall–Kier alpha value is -3.32. The number of H-pyrrole nitrogens is 1. The Bertz CT molecular complexity index is 1400. The van der Waals surface area contributed by atoms with Crippen molar-refractivity contribution in [3.63, 3.8) is 0 Å². The van der Waals surface area contributed by atoms with E-state index in [0.717, 1.165) is 43.0 Å². The first-order valence-electron chi connectivity index (χ1n) is 13.1. The molecule has 1 aromatic carbocycles. The number of fused-ring (bicyclic) bond motifs is 2. The van der Waals surface area contributed by atoms with Crippen LogP contribution < -0.4 is 11.1 Å². The number of likely N-dealkylation sites (N-methyl/N-ethyl adjacent to an activating group) is 1. The van der Waals surface area contributed by atoms with Gasteiger partial charge in [0.05, 0.1) is 17.4 Å². The number of aliphatic hydroxyl groups is 2. The summed E-state index contributed by atoms with van der Waals surface area (Å²) in [6.07, 6.45) is 0.165. The van der Waals surface area contributed by atoms with Crippen molar-refractivity contribution < 1.29 is 14.9 Å². The highest BCUT2D eigenvalue weighted by Gasteiger charge is 2.44. The number of rotatable bonds is 9. The first kappa shape index (κ1) is 26.3. The summed E-state index contributed by atoms with van der Waals surface area (Å²) in [4.78, 5) is 22.6. The average molecular weight is 524 g/mol. The molecule has 4 heterocycles. The number of aromatic nitrogens is 6. The molecule has 0 saturated carbocycles. The van der Waals surface area contributed by atoms with Gasteiger partial charge < -0.3 is 35.9 Å². The predicted molar refractivity (Wildman–Crippen MR) is 146 cm³/mol. The van der Waals surface area contributed by atoms with Gasteiger partial charge in [0.25, 0.3) is 0 Å². The Balaban J connectivity index is 1.15. The van der Waals surface area contributed by atoms with Gasteiger partial charge in [-0.25, -0.2) is 19.9 Å². The van der Waals surface area contributed by atoms with E-state index in [4.69, 9.17) is 15.5 Å². The molecule has 0 spiro atoms. The topological polar surface area (TPSA) is 163 Å². The van der Waals surface area contributed by atoms with Crippen molar-refractivity contribution in [1.82, 2.24) is 34.4 Å². The Morgan fingerprint density at radius 2 is 2.00 bits per heavy atom. The van der Waals surface area contributed by atoms with Crippen molar-refractivity contribution in [3.8, 4) is 0 Å². The number of aliphatic hydroxyl groups excluding tert-OH is 2. The van der Waals surface area contributed by atoms with E-state index in [1.165, 1.54) is 18.2 Å². The number of nitrogens with zero attached hydrogens (tertiary/aromatic N) is 6. The molecule has 3 aromatic heterocycles. The summed E-state index contributed by atoms with van der Waals surface area (Å²) in [6, 6.07) is 6.36. The molecule has 0 radical (unpaired) electrons. The lowest BCUT2D eigenvalue weighted by Gasteiger charge is -2.25. The molecular weight excluding hydrogens is 486 g/mol. The minimum Gasteiger partial charge on any atom is -0.387 e. The minimum absolute atomic E-state index is 0.0753. The minimum atomic E-state index is -1.12. The highest BCUT2D eigenvalue weighted by molar-refractivity contribution is 5.81. The molecule has 1 saturated heterocycles. The highest BCUT2D eigenvalue weighted by atomic mass is 16.6.